The summed E-state index contributed by atoms with van der Waals surface area (Å²) >= 11 is 0. The fraction of sp³-hybridized carbons (Fsp3) is 0.400. The first-order valence-corrected chi connectivity index (χ1v) is 11.2. The van der Waals surface area contributed by atoms with Gasteiger partial charge >= 0.3 is 6.03 Å². The summed E-state index contributed by atoms with van der Waals surface area (Å²) in [6.45, 7) is 7.15. The molecule has 4 N–H and O–H groups in total. The number of aliphatic hydroxyl groups is 1. The molecular weight excluding hydrogens is 420 g/mol. The van der Waals surface area contributed by atoms with E-state index in [1.165, 1.54) is 11.9 Å². The monoisotopic (exact) mass is 452 g/mol. The Bertz CT molecular complexity index is 1020. The van der Waals surface area contributed by atoms with Crippen molar-refractivity contribution in [3.63, 3.8) is 0 Å². The number of nitrogens with one attached hydrogen (secondary N) is 3. The van der Waals surface area contributed by atoms with Crippen LogP contribution in [0.2, 0.25) is 0 Å². The summed E-state index contributed by atoms with van der Waals surface area (Å²) in [5.74, 6) is -0.976. The molecular formula is C25H32N4O4. The third kappa shape index (κ3) is 5.51. The molecule has 0 saturated carbocycles. The van der Waals surface area contributed by atoms with E-state index in [-0.39, 0.29) is 12.5 Å². The summed E-state index contributed by atoms with van der Waals surface area (Å²) in [6.07, 6.45) is 0.613. The molecule has 0 aliphatic carbocycles. The number of carbonyl (C=O) groups is 3. The molecule has 0 bridgehead atoms. The minimum Gasteiger partial charge on any atom is -0.394 e. The fourth-order valence-electron chi connectivity index (χ4n) is 4.02. The van der Waals surface area contributed by atoms with Crippen LogP contribution in [0.25, 0.3) is 11.1 Å². The van der Waals surface area contributed by atoms with E-state index in [4.69, 9.17) is 0 Å². The van der Waals surface area contributed by atoms with Crippen molar-refractivity contribution in [1.29, 1.82) is 0 Å². The van der Waals surface area contributed by atoms with Gasteiger partial charge in [0.1, 0.15) is 6.04 Å². The second-order valence-electron chi connectivity index (χ2n) is 8.82. The molecule has 0 aromatic heterocycles. The predicted molar refractivity (Wildman–Crippen MR) is 127 cm³/mol. The first kappa shape index (κ1) is 24.3. The predicted octanol–water partition coefficient (Wildman–Crippen LogP) is 2.93. The van der Waals surface area contributed by atoms with Crippen LogP contribution in [0.15, 0.2) is 48.5 Å². The standard InChI is InChI=1S/C25H32N4O4/c1-15(2)13-18(14-30)27-25(33)26-17(4)23(31)28-29-22-12-8-7-11-21(22)20-10-6-5-9-19(20)16(3)24(29)32/h5-12,15-18,30H,13-14H2,1-4H3,(H,28,31)(H2,26,27,33)/t16?,17-,18-/m0/s1. The first-order chi connectivity index (χ1) is 15.7. The first-order valence-electron chi connectivity index (χ1n) is 11.2. The van der Waals surface area contributed by atoms with Crippen LogP contribution < -0.4 is 21.1 Å². The van der Waals surface area contributed by atoms with Gasteiger partial charge in [0.2, 0.25) is 0 Å². The molecule has 2 aromatic rings. The summed E-state index contributed by atoms with van der Waals surface area (Å²) in [7, 11) is 0. The largest absolute Gasteiger partial charge is 0.394 e. The topological polar surface area (TPSA) is 111 Å². The van der Waals surface area contributed by atoms with Crippen LogP contribution in [0.5, 0.6) is 0 Å². The highest BCUT2D eigenvalue weighted by Gasteiger charge is 2.33. The number of aliphatic hydroxyl groups excluding tert-OH is 1. The molecule has 0 fully saturated rings. The number of nitrogens with zero attached hydrogens (tertiary/aromatic N) is 1. The zero-order valence-electron chi connectivity index (χ0n) is 19.5. The van der Waals surface area contributed by atoms with E-state index < -0.39 is 29.9 Å². The van der Waals surface area contributed by atoms with Crippen molar-refractivity contribution in [3.05, 3.63) is 54.1 Å². The zero-order valence-corrected chi connectivity index (χ0v) is 19.5. The Morgan fingerprint density at radius 1 is 1.00 bits per heavy atom. The van der Waals surface area contributed by atoms with Crippen LogP contribution in [-0.4, -0.2) is 41.6 Å². The van der Waals surface area contributed by atoms with E-state index in [9.17, 15) is 19.5 Å². The van der Waals surface area contributed by atoms with Crippen molar-refractivity contribution >= 4 is 23.5 Å². The van der Waals surface area contributed by atoms with Gasteiger partial charge in [-0.3, -0.25) is 15.0 Å². The van der Waals surface area contributed by atoms with Gasteiger partial charge in [-0.25, -0.2) is 9.80 Å². The molecule has 33 heavy (non-hydrogen) atoms. The van der Waals surface area contributed by atoms with E-state index in [1.807, 2.05) is 63.2 Å². The lowest BCUT2D eigenvalue weighted by Gasteiger charge is -2.27. The normalized spacial score (nSPS) is 16.8. The van der Waals surface area contributed by atoms with Crippen LogP contribution in [-0.2, 0) is 9.59 Å². The van der Waals surface area contributed by atoms with Gasteiger partial charge in [-0.15, -0.1) is 0 Å². The lowest BCUT2D eigenvalue weighted by atomic mass is 9.92. The number of urea groups is 1. The minimum absolute atomic E-state index is 0.191. The number of hydrogen-bond donors (Lipinski definition) is 4. The third-order valence-electron chi connectivity index (χ3n) is 5.73. The van der Waals surface area contributed by atoms with Crippen molar-refractivity contribution < 1.29 is 19.5 Å². The van der Waals surface area contributed by atoms with Gasteiger partial charge in [0.05, 0.1) is 24.3 Å². The summed E-state index contributed by atoms with van der Waals surface area (Å²) in [5, 5.41) is 16.0. The molecule has 2 aromatic carbocycles. The molecule has 8 nitrogen and oxygen atoms in total. The number of carbonyl (C=O) groups excluding carboxylic acids is 3. The van der Waals surface area contributed by atoms with Crippen molar-refractivity contribution in [2.45, 2.75) is 52.1 Å². The Labute approximate surface area is 194 Å². The number of benzene rings is 2. The zero-order chi connectivity index (χ0) is 24.1. The van der Waals surface area contributed by atoms with Crippen molar-refractivity contribution in [2.24, 2.45) is 5.92 Å². The van der Waals surface area contributed by atoms with Gasteiger partial charge in [-0.1, -0.05) is 56.3 Å². The Morgan fingerprint density at radius 2 is 1.64 bits per heavy atom. The molecule has 0 saturated heterocycles. The van der Waals surface area contributed by atoms with Crippen LogP contribution >= 0.6 is 0 Å². The number of anilines is 1. The van der Waals surface area contributed by atoms with E-state index >= 15 is 0 Å². The lowest BCUT2D eigenvalue weighted by Crippen LogP contribution is -2.56. The Kier molecular flexibility index (Phi) is 7.71. The maximum atomic E-state index is 13.3. The molecule has 3 atom stereocenters. The average Bonchev–Trinajstić information content (AvgIpc) is 2.88. The lowest BCUT2D eigenvalue weighted by molar-refractivity contribution is -0.127. The summed E-state index contributed by atoms with van der Waals surface area (Å²) in [5.41, 5.74) is 5.92. The molecule has 0 radical (unpaired) electrons. The molecule has 176 valence electrons. The maximum absolute atomic E-state index is 13.3. The highest BCUT2D eigenvalue weighted by atomic mass is 16.3. The summed E-state index contributed by atoms with van der Waals surface area (Å²) in [4.78, 5) is 38.6. The molecule has 0 spiro atoms. The van der Waals surface area contributed by atoms with Crippen LogP contribution in [0.4, 0.5) is 10.5 Å². The quantitative estimate of drug-likeness (QED) is 0.518. The Hall–Kier alpha value is -3.39. The highest BCUT2D eigenvalue weighted by Crippen LogP contribution is 2.39. The minimum atomic E-state index is -0.913. The molecule has 1 heterocycles. The fourth-order valence-corrected chi connectivity index (χ4v) is 4.02. The number of para-hydroxylation sites is 1. The average molecular weight is 453 g/mol. The number of hydrogen-bond acceptors (Lipinski definition) is 4. The molecule has 4 amide bonds. The van der Waals surface area contributed by atoms with Gasteiger partial charge in [0.15, 0.2) is 0 Å². The number of fused-ring (bicyclic) bond motifs is 3. The summed E-state index contributed by atoms with van der Waals surface area (Å²) < 4.78 is 0. The number of rotatable bonds is 7. The van der Waals surface area contributed by atoms with Crippen molar-refractivity contribution in [2.75, 3.05) is 11.6 Å². The van der Waals surface area contributed by atoms with E-state index in [2.05, 4.69) is 16.1 Å². The van der Waals surface area contributed by atoms with Gasteiger partial charge in [-0.05, 0) is 43.4 Å². The van der Waals surface area contributed by atoms with Crippen molar-refractivity contribution in [3.8, 4) is 11.1 Å². The van der Waals surface area contributed by atoms with Gasteiger partial charge < -0.3 is 15.7 Å². The van der Waals surface area contributed by atoms with E-state index in [0.29, 0.717) is 18.0 Å². The van der Waals surface area contributed by atoms with Gasteiger partial charge in [0.25, 0.3) is 11.8 Å². The molecule has 3 rings (SSSR count). The SMILES string of the molecule is CC(C)C[C@@H](CO)NC(=O)N[C@@H](C)C(=O)NN1C(=O)C(C)c2ccccc2-c2ccccc21. The second kappa shape index (κ2) is 10.5. The molecule has 1 unspecified atom stereocenters. The second-order valence-corrected chi connectivity index (χ2v) is 8.82. The summed E-state index contributed by atoms with van der Waals surface area (Å²) in [6, 6.07) is 13.2. The number of amides is 4. The third-order valence-corrected chi connectivity index (χ3v) is 5.73. The maximum Gasteiger partial charge on any atom is 0.315 e. The van der Waals surface area contributed by atoms with E-state index in [1.54, 1.807) is 6.07 Å². The smallest absolute Gasteiger partial charge is 0.315 e. The number of hydrazine groups is 1. The van der Waals surface area contributed by atoms with Crippen LogP contribution in [0.1, 0.15) is 45.6 Å². The Balaban J connectivity index is 1.76. The van der Waals surface area contributed by atoms with Gasteiger partial charge in [0, 0.05) is 5.56 Å². The van der Waals surface area contributed by atoms with Crippen LogP contribution in [0, 0.1) is 5.92 Å². The molecule has 1 aliphatic rings. The van der Waals surface area contributed by atoms with Gasteiger partial charge in [-0.2, -0.15) is 0 Å². The molecule has 8 heteroatoms. The highest BCUT2D eigenvalue weighted by molar-refractivity contribution is 6.06. The Morgan fingerprint density at radius 3 is 2.30 bits per heavy atom. The van der Waals surface area contributed by atoms with Crippen LogP contribution in [0.3, 0.4) is 0 Å². The molecule has 1 aliphatic heterocycles. The van der Waals surface area contributed by atoms with E-state index in [0.717, 1.165) is 16.7 Å². The van der Waals surface area contributed by atoms with Crippen molar-refractivity contribution in [1.82, 2.24) is 16.1 Å².